The lowest BCUT2D eigenvalue weighted by Gasteiger charge is -2.07. The molecule has 0 unspecified atom stereocenters. The molecule has 0 radical (unpaired) electrons. The summed E-state index contributed by atoms with van der Waals surface area (Å²) in [5.74, 6) is -0.213. The number of thiazole rings is 1. The zero-order chi connectivity index (χ0) is 18.8. The van der Waals surface area contributed by atoms with Crippen LogP contribution in [0.3, 0.4) is 0 Å². The Morgan fingerprint density at radius 3 is 2.63 bits per heavy atom. The number of hydrogen-bond donors (Lipinski definition) is 2. The minimum Gasteiger partial charge on any atom is -0.350 e. The van der Waals surface area contributed by atoms with Crippen molar-refractivity contribution in [3.63, 3.8) is 0 Å². The van der Waals surface area contributed by atoms with Crippen LogP contribution < -0.4 is 16.4 Å². The van der Waals surface area contributed by atoms with Crippen LogP contribution in [0.4, 0.5) is 0 Å². The second-order valence-corrected chi connectivity index (χ2v) is 7.16. The third-order valence-electron chi connectivity index (χ3n) is 4.22. The van der Waals surface area contributed by atoms with Crippen molar-refractivity contribution in [1.82, 2.24) is 20.1 Å². The lowest BCUT2D eigenvalue weighted by Crippen LogP contribution is -2.32. The van der Waals surface area contributed by atoms with Crippen molar-refractivity contribution < 1.29 is 4.79 Å². The van der Waals surface area contributed by atoms with E-state index in [1.165, 1.54) is 16.0 Å². The fourth-order valence-electron chi connectivity index (χ4n) is 2.88. The average molecular weight is 380 g/mol. The van der Waals surface area contributed by atoms with Crippen LogP contribution in [-0.4, -0.2) is 20.7 Å². The van der Waals surface area contributed by atoms with Crippen molar-refractivity contribution in [2.45, 2.75) is 19.5 Å². The molecule has 2 N–H and O–H groups in total. The maximum Gasteiger partial charge on any atom is 0.273 e. The van der Waals surface area contributed by atoms with Gasteiger partial charge in [-0.1, -0.05) is 24.3 Å². The minimum absolute atomic E-state index is 0.0824. The Hall–Kier alpha value is -3.26. The Labute approximate surface area is 157 Å². The molecule has 136 valence electrons. The summed E-state index contributed by atoms with van der Waals surface area (Å²) in [6.07, 6.45) is 0.0824. The molecular weight excluding hydrogens is 364 g/mol. The molecule has 0 atom stereocenters. The monoisotopic (exact) mass is 380 g/mol. The molecule has 0 aliphatic rings. The predicted molar refractivity (Wildman–Crippen MR) is 105 cm³/mol. The van der Waals surface area contributed by atoms with E-state index in [-0.39, 0.29) is 30.0 Å². The molecule has 2 heterocycles. The predicted octanol–water partition coefficient (Wildman–Crippen LogP) is 2.01. The molecule has 0 saturated heterocycles. The summed E-state index contributed by atoms with van der Waals surface area (Å²) >= 11 is 1.53. The molecule has 0 spiro atoms. The van der Waals surface area contributed by atoms with Gasteiger partial charge in [-0.05, 0) is 24.3 Å². The summed E-state index contributed by atoms with van der Waals surface area (Å²) in [4.78, 5) is 41.1. The number of hydrogen-bond acceptors (Lipinski definition) is 5. The topological polar surface area (TPSA) is 96.9 Å². The van der Waals surface area contributed by atoms with Gasteiger partial charge in [0.05, 0.1) is 34.1 Å². The van der Waals surface area contributed by atoms with Crippen molar-refractivity contribution >= 4 is 38.2 Å². The van der Waals surface area contributed by atoms with Crippen LogP contribution in [0.15, 0.2) is 58.1 Å². The molecule has 2 aromatic heterocycles. The first-order valence-corrected chi connectivity index (χ1v) is 9.26. The molecule has 4 aromatic rings. The zero-order valence-corrected chi connectivity index (χ0v) is 15.1. The van der Waals surface area contributed by atoms with Crippen LogP contribution in [0.25, 0.3) is 21.0 Å². The number of nitrogens with one attached hydrogen (secondary N) is 2. The van der Waals surface area contributed by atoms with E-state index in [0.717, 1.165) is 15.2 Å². The van der Waals surface area contributed by atoms with Crippen LogP contribution in [0, 0.1) is 0 Å². The Morgan fingerprint density at radius 1 is 1.07 bits per heavy atom. The highest BCUT2D eigenvalue weighted by molar-refractivity contribution is 7.18. The van der Waals surface area contributed by atoms with Gasteiger partial charge in [-0.3, -0.25) is 19.5 Å². The summed E-state index contributed by atoms with van der Waals surface area (Å²) in [6.45, 7) is 0.436. The first kappa shape index (κ1) is 17.2. The van der Waals surface area contributed by atoms with Crippen molar-refractivity contribution in [1.29, 1.82) is 0 Å². The second-order valence-electron chi connectivity index (χ2n) is 6.05. The molecule has 0 bridgehead atoms. The summed E-state index contributed by atoms with van der Waals surface area (Å²) in [7, 11) is 0. The molecular formula is C19H16N4O3S. The Balaban J connectivity index is 1.42. The third kappa shape index (κ3) is 3.52. The van der Waals surface area contributed by atoms with Gasteiger partial charge in [0.15, 0.2) is 0 Å². The van der Waals surface area contributed by atoms with E-state index in [1.54, 1.807) is 24.3 Å². The van der Waals surface area contributed by atoms with Gasteiger partial charge in [-0.25, -0.2) is 9.67 Å². The number of benzene rings is 2. The second kappa shape index (κ2) is 7.16. The first-order valence-electron chi connectivity index (χ1n) is 8.45. The van der Waals surface area contributed by atoms with Gasteiger partial charge in [0.25, 0.3) is 11.1 Å². The highest BCUT2D eigenvalue weighted by Gasteiger charge is 2.09. The standard InChI is InChI=1S/C19H16N4O3S/c24-16(20-11-17-21-14-7-3-4-8-15(14)27-17)9-10-23-19(26)13-6-2-1-5-12(13)18(25)22-23/h1-8H,9-11H2,(H,20,24)(H,22,25). The van der Waals surface area contributed by atoms with Crippen molar-refractivity contribution in [2.24, 2.45) is 0 Å². The number of H-pyrrole nitrogens is 1. The van der Waals surface area contributed by atoms with Crippen LogP contribution >= 0.6 is 11.3 Å². The number of aromatic nitrogens is 3. The molecule has 0 fully saturated rings. The van der Waals surface area contributed by atoms with Gasteiger partial charge in [0.1, 0.15) is 5.01 Å². The van der Waals surface area contributed by atoms with Crippen molar-refractivity contribution in [2.75, 3.05) is 0 Å². The normalized spacial score (nSPS) is 11.1. The molecule has 8 heteroatoms. The molecule has 0 aliphatic heterocycles. The number of fused-ring (bicyclic) bond motifs is 2. The van der Waals surface area contributed by atoms with E-state index in [4.69, 9.17) is 0 Å². The molecule has 0 aliphatic carbocycles. The minimum atomic E-state index is -0.347. The molecule has 27 heavy (non-hydrogen) atoms. The van der Waals surface area contributed by atoms with Gasteiger partial charge >= 0.3 is 0 Å². The summed E-state index contributed by atoms with van der Waals surface area (Å²) < 4.78 is 2.25. The summed E-state index contributed by atoms with van der Waals surface area (Å²) in [6, 6.07) is 14.4. The number of nitrogens with zero attached hydrogens (tertiary/aromatic N) is 2. The molecule has 2 aromatic carbocycles. The van der Waals surface area contributed by atoms with Crippen LogP contribution in [0.2, 0.25) is 0 Å². The molecule has 1 amide bonds. The van der Waals surface area contributed by atoms with Crippen molar-refractivity contribution in [3.05, 3.63) is 74.2 Å². The SMILES string of the molecule is O=C(CCn1[nH]c(=O)c2ccccc2c1=O)NCc1nc2ccccc2s1. The summed E-state index contributed by atoms with van der Waals surface area (Å²) in [5.41, 5.74) is 0.247. The van der Waals surface area contributed by atoms with Crippen LogP contribution in [0.5, 0.6) is 0 Å². The smallest absolute Gasteiger partial charge is 0.273 e. The lowest BCUT2D eigenvalue weighted by atomic mass is 10.2. The maximum atomic E-state index is 12.4. The van der Waals surface area contributed by atoms with Crippen LogP contribution in [-0.2, 0) is 17.9 Å². The maximum absolute atomic E-state index is 12.4. The van der Waals surface area contributed by atoms with E-state index >= 15 is 0 Å². The fourth-order valence-corrected chi connectivity index (χ4v) is 3.78. The number of amides is 1. The molecule has 4 rings (SSSR count). The average Bonchev–Trinajstić information content (AvgIpc) is 3.11. The first-order chi connectivity index (χ1) is 13.1. The van der Waals surface area contributed by atoms with E-state index in [0.29, 0.717) is 17.3 Å². The van der Waals surface area contributed by atoms with Gasteiger partial charge in [-0.2, -0.15) is 0 Å². The van der Waals surface area contributed by atoms with E-state index in [2.05, 4.69) is 15.4 Å². The third-order valence-corrected chi connectivity index (χ3v) is 5.26. The number of rotatable bonds is 5. The van der Waals surface area contributed by atoms with E-state index in [9.17, 15) is 14.4 Å². The number of carbonyl (C=O) groups excluding carboxylic acids is 1. The number of aromatic amines is 1. The Kier molecular flexibility index (Phi) is 4.55. The number of carbonyl (C=O) groups is 1. The largest absolute Gasteiger partial charge is 0.350 e. The summed E-state index contributed by atoms with van der Waals surface area (Å²) in [5, 5.41) is 6.84. The fraction of sp³-hybridized carbons (Fsp3) is 0.158. The lowest BCUT2D eigenvalue weighted by molar-refractivity contribution is -0.121. The molecule has 7 nitrogen and oxygen atoms in total. The highest BCUT2D eigenvalue weighted by Crippen LogP contribution is 2.21. The van der Waals surface area contributed by atoms with Crippen molar-refractivity contribution in [3.8, 4) is 0 Å². The number of para-hydroxylation sites is 1. The van der Waals surface area contributed by atoms with E-state index in [1.807, 2.05) is 24.3 Å². The Morgan fingerprint density at radius 2 is 1.81 bits per heavy atom. The van der Waals surface area contributed by atoms with Gasteiger partial charge < -0.3 is 5.32 Å². The zero-order valence-electron chi connectivity index (χ0n) is 14.3. The van der Waals surface area contributed by atoms with Gasteiger partial charge in [0, 0.05) is 6.42 Å². The van der Waals surface area contributed by atoms with Crippen LogP contribution in [0.1, 0.15) is 11.4 Å². The molecule has 0 saturated carbocycles. The van der Waals surface area contributed by atoms with Gasteiger partial charge in [-0.15, -0.1) is 11.3 Å². The number of aryl methyl sites for hydroxylation is 1. The quantitative estimate of drug-likeness (QED) is 0.553. The van der Waals surface area contributed by atoms with Gasteiger partial charge in [0.2, 0.25) is 5.91 Å². The highest BCUT2D eigenvalue weighted by atomic mass is 32.1. The Bertz CT molecular complexity index is 1220. The van der Waals surface area contributed by atoms with E-state index < -0.39 is 0 Å².